The van der Waals surface area contributed by atoms with Gasteiger partial charge in [-0.25, -0.2) is 13.4 Å². The van der Waals surface area contributed by atoms with E-state index in [1.165, 1.54) is 19.3 Å². The molecule has 2 N–H and O–H groups in total. The normalized spacial score (nSPS) is 12.2. The molecule has 0 bridgehead atoms. The maximum absolute atomic E-state index is 12.0. The van der Waals surface area contributed by atoms with Crippen molar-refractivity contribution in [2.24, 2.45) is 0 Å². The molecule has 0 amide bonds. The molecule has 2 rings (SSSR count). The quantitative estimate of drug-likeness (QED) is 0.777. The number of rotatable bonds is 4. The summed E-state index contributed by atoms with van der Waals surface area (Å²) < 4.78 is 25.1. The summed E-state index contributed by atoms with van der Waals surface area (Å²) >= 11 is 0. The SMILES string of the molecule is Cc1nc(CN(C)S(=O)(=O)c2ccn[nH]2)n[nH]1. The smallest absolute Gasteiger partial charge is 0.260 e. The van der Waals surface area contributed by atoms with Gasteiger partial charge in [-0.15, -0.1) is 0 Å². The molecule has 0 aliphatic rings. The van der Waals surface area contributed by atoms with E-state index in [0.29, 0.717) is 11.6 Å². The molecule has 0 aliphatic heterocycles. The summed E-state index contributed by atoms with van der Waals surface area (Å²) in [4.78, 5) is 4.05. The van der Waals surface area contributed by atoms with Crippen LogP contribution in [0.3, 0.4) is 0 Å². The summed E-state index contributed by atoms with van der Waals surface area (Å²) in [7, 11) is -2.10. The molecular weight excluding hydrogens is 244 g/mol. The lowest BCUT2D eigenvalue weighted by Crippen LogP contribution is -2.27. The van der Waals surface area contributed by atoms with Crippen molar-refractivity contribution in [3.63, 3.8) is 0 Å². The molecule has 0 fully saturated rings. The first kappa shape index (κ1) is 11.7. The highest BCUT2D eigenvalue weighted by atomic mass is 32.2. The van der Waals surface area contributed by atoms with Gasteiger partial charge < -0.3 is 0 Å². The Morgan fingerprint density at radius 1 is 1.41 bits per heavy atom. The Morgan fingerprint density at radius 2 is 2.18 bits per heavy atom. The van der Waals surface area contributed by atoms with Crippen LogP contribution in [0.15, 0.2) is 17.3 Å². The first-order valence-corrected chi connectivity index (χ1v) is 6.28. The highest BCUT2D eigenvalue weighted by Crippen LogP contribution is 2.12. The second kappa shape index (κ2) is 4.26. The van der Waals surface area contributed by atoms with Crippen molar-refractivity contribution in [2.45, 2.75) is 18.5 Å². The third-order valence-corrected chi connectivity index (χ3v) is 3.90. The van der Waals surface area contributed by atoms with Crippen molar-refractivity contribution in [1.82, 2.24) is 29.7 Å². The van der Waals surface area contributed by atoms with E-state index < -0.39 is 10.0 Å². The van der Waals surface area contributed by atoms with E-state index in [2.05, 4.69) is 25.4 Å². The molecule has 2 heterocycles. The minimum absolute atomic E-state index is 0.0484. The van der Waals surface area contributed by atoms with Gasteiger partial charge in [-0.3, -0.25) is 10.2 Å². The van der Waals surface area contributed by atoms with Gasteiger partial charge in [-0.1, -0.05) is 0 Å². The average molecular weight is 256 g/mol. The van der Waals surface area contributed by atoms with Gasteiger partial charge in [0.25, 0.3) is 10.0 Å². The molecule has 0 radical (unpaired) electrons. The number of hydrogen-bond acceptors (Lipinski definition) is 5. The Hall–Kier alpha value is -1.74. The van der Waals surface area contributed by atoms with Crippen molar-refractivity contribution < 1.29 is 8.42 Å². The molecule has 2 aromatic rings. The van der Waals surface area contributed by atoms with Crippen LogP contribution in [0.2, 0.25) is 0 Å². The molecule has 0 spiro atoms. The Morgan fingerprint density at radius 3 is 2.71 bits per heavy atom. The summed E-state index contributed by atoms with van der Waals surface area (Å²) in [5.41, 5.74) is 0. The third-order valence-electron chi connectivity index (χ3n) is 2.17. The third kappa shape index (κ3) is 2.34. The summed E-state index contributed by atoms with van der Waals surface area (Å²) in [6, 6.07) is 1.40. The van der Waals surface area contributed by atoms with Crippen molar-refractivity contribution in [2.75, 3.05) is 7.05 Å². The van der Waals surface area contributed by atoms with Gasteiger partial charge in [0.15, 0.2) is 10.9 Å². The minimum Gasteiger partial charge on any atom is -0.266 e. The molecule has 8 nitrogen and oxygen atoms in total. The van der Waals surface area contributed by atoms with Crippen molar-refractivity contribution in [1.29, 1.82) is 0 Å². The van der Waals surface area contributed by atoms with Crippen LogP contribution in [0, 0.1) is 6.92 Å². The molecule has 9 heteroatoms. The van der Waals surface area contributed by atoms with Gasteiger partial charge in [-0.05, 0) is 13.0 Å². The number of nitrogens with zero attached hydrogens (tertiary/aromatic N) is 4. The van der Waals surface area contributed by atoms with Gasteiger partial charge >= 0.3 is 0 Å². The number of hydrogen-bond donors (Lipinski definition) is 2. The topological polar surface area (TPSA) is 108 Å². The Balaban J connectivity index is 2.18. The number of aromatic nitrogens is 5. The fourth-order valence-electron chi connectivity index (χ4n) is 1.30. The van der Waals surface area contributed by atoms with Gasteiger partial charge in [0.1, 0.15) is 5.82 Å². The molecule has 0 aliphatic carbocycles. The number of H-pyrrole nitrogens is 2. The largest absolute Gasteiger partial charge is 0.266 e. The molecule has 17 heavy (non-hydrogen) atoms. The van der Waals surface area contributed by atoms with Gasteiger partial charge in [0.2, 0.25) is 0 Å². The molecule has 0 atom stereocenters. The molecule has 0 aromatic carbocycles. The van der Waals surface area contributed by atoms with Gasteiger partial charge in [0, 0.05) is 7.05 Å². The van der Waals surface area contributed by atoms with Crippen LogP contribution in [0.25, 0.3) is 0 Å². The Bertz CT molecular complexity index is 587. The van der Waals surface area contributed by atoms with E-state index in [1.807, 2.05) is 0 Å². The van der Waals surface area contributed by atoms with E-state index in [4.69, 9.17) is 0 Å². The van der Waals surface area contributed by atoms with Crippen LogP contribution in [0.5, 0.6) is 0 Å². The first-order valence-electron chi connectivity index (χ1n) is 4.84. The fraction of sp³-hybridized carbons (Fsp3) is 0.375. The van der Waals surface area contributed by atoms with Gasteiger partial charge in [-0.2, -0.15) is 14.5 Å². The summed E-state index contributed by atoms with van der Waals surface area (Å²) in [6.07, 6.45) is 1.39. The number of aryl methyl sites for hydroxylation is 1. The van der Waals surface area contributed by atoms with Crippen LogP contribution < -0.4 is 0 Å². The monoisotopic (exact) mass is 256 g/mol. The van der Waals surface area contributed by atoms with Crippen LogP contribution in [0.4, 0.5) is 0 Å². The van der Waals surface area contributed by atoms with E-state index >= 15 is 0 Å². The predicted molar refractivity (Wildman–Crippen MR) is 58.4 cm³/mol. The predicted octanol–water partition coefficient (Wildman–Crippen LogP) is -0.343. The van der Waals surface area contributed by atoms with Crippen LogP contribution in [0.1, 0.15) is 11.6 Å². The maximum Gasteiger partial charge on any atom is 0.260 e. The Labute approximate surface area is 98.1 Å². The Kier molecular flexibility index (Phi) is 2.94. The molecule has 92 valence electrons. The average Bonchev–Trinajstić information content (AvgIpc) is 2.89. The first-order chi connectivity index (χ1) is 8.00. The standard InChI is InChI=1S/C8H12N6O2S/c1-6-10-7(12-11-6)5-14(2)17(15,16)8-3-4-9-13-8/h3-4H,5H2,1-2H3,(H,9,13)(H,10,11,12). The lowest BCUT2D eigenvalue weighted by atomic mass is 10.6. The van der Waals surface area contributed by atoms with E-state index in [9.17, 15) is 8.42 Å². The van der Waals surface area contributed by atoms with E-state index in [-0.39, 0.29) is 11.6 Å². The molecular formula is C8H12N6O2S. The van der Waals surface area contributed by atoms with Crippen LogP contribution in [-0.4, -0.2) is 45.1 Å². The number of sulfonamides is 1. The molecule has 0 unspecified atom stereocenters. The second-order valence-corrected chi connectivity index (χ2v) is 5.53. The van der Waals surface area contributed by atoms with Crippen molar-refractivity contribution in [3.05, 3.63) is 23.9 Å². The zero-order chi connectivity index (χ0) is 12.5. The molecule has 0 saturated heterocycles. The lowest BCUT2D eigenvalue weighted by molar-refractivity contribution is 0.454. The summed E-state index contributed by atoms with van der Waals surface area (Å²) in [5, 5.41) is 12.6. The zero-order valence-electron chi connectivity index (χ0n) is 9.38. The van der Waals surface area contributed by atoms with Crippen LogP contribution >= 0.6 is 0 Å². The van der Waals surface area contributed by atoms with Crippen LogP contribution in [-0.2, 0) is 16.6 Å². The highest BCUT2D eigenvalue weighted by molar-refractivity contribution is 7.89. The van der Waals surface area contributed by atoms with Gasteiger partial charge in [0.05, 0.1) is 12.7 Å². The highest BCUT2D eigenvalue weighted by Gasteiger charge is 2.23. The summed E-state index contributed by atoms with van der Waals surface area (Å²) in [5.74, 6) is 1.07. The molecule has 2 aromatic heterocycles. The lowest BCUT2D eigenvalue weighted by Gasteiger charge is -2.13. The van der Waals surface area contributed by atoms with E-state index in [1.54, 1.807) is 6.92 Å². The zero-order valence-corrected chi connectivity index (χ0v) is 10.2. The summed E-state index contributed by atoms with van der Waals surface area (Å²) in [6.45, 7) is 1.85. The maximum atomic E-state index is 12.0. The number of aromatic amines is 2. The fourth-order valence-corrected chi connectivity index (χ4v) is 2.32. The second-order valence-electron chi connectivity index (χ2n) is 3.52. The number of nitrogens with one attached hydrogen (secondary N) is 2. The van der Waals surface area contributed by atoms with E-state index in [0.717, 1.165) is 4.31 Å². The minimum atomic E-state index is -3.56. The van der Waals surface area contributed by atoms with Crippen molar-refractivity contribution in [3.8, 4) is 0 Å². The molecule has 0 saturated carbocycles. The van der Waals surface area contributed by atoms with Crippen molar-refractivity contribution >= 4 is 10.0 Å².